The van der Waals surface area contributed by atoms with E-state index in [4.69, 9.17) is 0 Å². The number of H-pyrrole nitrogens is 1. The molecule has 3 heterocycles. The van der Waals surface area contributed by atoms with Gasteiger partial charge in [-0.1, -0.05) is 37.1 Å². The quantitative estimate of drug-likeness (QED) is 0.582. The first-order valence-corrected chi connectivity index (χ1v) is 11.7. The van der Waals surface area contributed by atoms with Gasteiger partial charge in [-0.05, 0) is 56.1 Å². The van der Waals surface area contributed by atoms with Gasteiger partial charge in [-0.15, -0.1) is 0 Å². The van der Waals surface area contributed by atoms with Crippen molar-refractivity contribution in [3.8, 4) is 11.4 Å². The summed E-state index contributed by atoms with van der Waals surface area (Å²) in [4.78, 5) is 38.9. The predicted molar refractivity (Wildman–Crippen MR) is 129 cm³/mol. The van der Waals surface area contributed by atoms with Crippen LogP contribution in [0.2, 0.25) is 0 Å². The number of hydrogen-bond acceptors (Lipinski definition) is 5. The Morgan fingerprint density at radius 3 is 2.45 bits per heavy atom. The number of carbonyl (C=O) groups excluding carboxylic acids is 1. The second kappa shape index (κ2) is 11.0. The number of amides is 1. The van der Waals surface area contributed by atoms with Gasteiger partial charge in [-0.3, -0.25) is 19.5 Å². The predicted octanol–water partition coefficient (Wildman–Crippen LogP) is 3.38. The largest absolute Gasteiger partial charge is 0.352 e. The minimum Gasteiger partial charge on any atom is -0.352 e. The van der Waals surface area contributed by atoms with Crippen LogP contribution in [-0.2, 0) is 24.3 Å². The van der Waals surface area contributed by atoms with E-state index in [9.17, 15) is 9.59 Å². The SMILES string of the molecule is Cc1nc(-c2cccnc2)[nH]c(=O)c1CC(=O)NCc1ccc(CN2CCCCCC2)cc1. The monoisotopic (exact) mass is 445 g/mol. The molecule has 1 amide bonds. The van der Waals surface area contributed by atoms with E-state index in [0.29, 0.717) is 23.6 Å². The van der Waals surface area contributed by atoms with E-state index in [0.717, 1.165) is 17.7 Å². The molecule has 0 radical (unpaired) electrons. The Bertz CT molecular complexity index is 1120. The van der Waals surface area contributed by atoms with Crippen molar-refractivity contribution >= 4 is 5.91 Å². The number of aryl methyl sites for hydroxylation is 1. The van der Waals surface area contributed by atoms with E-state index in [1.54, 1.807) is 25.4 Å². The van der Waals surface area contributed by atoms with E-state index in [1.807, 2.05) is 6.07 Å². The van der Waals surface area contributed by atoms with Crippen molar-refractivity contribution in [1.29, 1.82) is 0 Å². The fourth-order valence-electron chi connectivity index (χ4n) is 4.20. The lowest BCUT2D eigenvalue weighted by Gasteiger charge is -2.19. The topological polar surface area (TPSA) is 91.0 Å². The van der Waals surface area contributed by atoms with Crippen molar-refractivity contribution in [2.45, 2.75) is 52.1 Å². The molecule has 0 unspecified atom stereocenters. The summed E-state index contributed by atoms with van der Waals surface area (Å²) in [5.41, 5.74) is 3.70. The first kappa shape index (κ1) is 22.9. The standard InChI is InChI=1S/C26H31N5O2/c1-19-23(26(33)30-25(29-19)22-7-6-12-27-17-22)15-24(32)28-16-20-8-10-21(11-9-20)18-31-13-4-2-3-5-14-31/h6-12,17H,2-5,13-16,18H2,1H3,(H,28,32)(H,29,30,33). The van der Waals surface area contributed by atoms with E-state index >= 15 is 0 Å². The minimum atomic E-state index is -0.297. The van der Waals surface area contributed by atoms with E-state index in [1.165, 1.54) is 44.3 Å². The molecule has 33 heavy (non-hydrogen) atoms. The summed E-state index contributed by atoms with van der Waals surface area (Å²) in [5.74, 6) is 0.253. The molecule has 172 valence electrons. The highest BCUT2D eigenvalue weighted by molar-refractivity contribution is 5.78. The van der Waals surface area contributed by atoms with Crippen LogP contribution >= 0.6 is 0 Å². The summed E-state index contributed by atoms with van der Waals surface area (Å²) in [6, 6.07) is 12.0. The Balaban J connectivity index is 1.31. The van der Waals surface area contributed by atoms with Gasteiger partial charge in [-0.25, -0.2) is 4.98 Å². The molecular weight excluding hydrogens is 414 g/mol. The molecule has 4 rings (SSSR count). The zero-order valence-corrected chi connectivity index (χ0v) is 19.1. The third-order valence-electron chi connectivity index (χ3n) is 6.11. The molecule has 1 aromatic carbocycles. The van der Waals surface area contributed by atoms with Crippen LogP contribution in [0.1, 0.15) is 48.1 Å². The van der Waals surface area contributed by atoms with Crippen molar-refractivity contribution in [1.82, 2.24) is 25.2 Å². The maximum absolute atomic E-state index is 12.6. The molecule has 0 bridgehead atoms. The second-order valence-corrected chi connectivity index (χ2v) is 8.68. The molecule has 0 spiro atoms. The van der Waals surface area contributed by atoms with Gasteiger partial charge >= 0.3 is 0 Å². The Kier molecular flexibility index (Phi) is 7.62. The molecule has 2 aromatic heterocycles. The Hall–Kier alpha value is -3.32. The summed E-state index contributed by atoms with van der Waals surface area (Å²) >= 11 is 0. The molecular formula is C26H31N5O2. The van der Waals surface area contributed by atoms with Crippen molar-refractivity contribution in [3.05, 3.63) is 81.5 Å². The van der Waals surface area contributed by atoms with Crippen molar-refractivity contribution < 1.29 is 4.79 Å². The lowest BCUT2D eigenvalue weighted by Crippen LogP contribution is -2.29. The Morgan fingerprint density at radius 2 is 1.79 bits per heavy atom. The van der Waals surface area contributed by atoms with Gasteiger partial charge in [0.15, 0.2) is 0 Å². The van der Waals surface area contributed by atoms with Gasteiger partial charge in [0, 0.05) is 42.3 Å². The summed E-state index contributed by atoms with van der Waals surface area (Å²) in [5, 5.41) is 2.92. The van der Waals surface area contributed by atoms with Gasteiger partial charge in [-0.2, -0.15) is 0 Å². The van der Waals surface area contributed by atoms with E-state index in [2.05, 4.69) is 49.4 Å². The summed E-state index contributed by atoms with van der Waals surface area (Å²) in [6.45, 7) is 5.52. The molecule has 0 saturated carbocycles. The van der Waals surface area contributed by atoms with E-state index in [-0.39, 0.29) is 17.9 Å². The van der Waals surface area contributed by atoms with Crippen molar-refractivity contribution in [2.75, 3.05) is 13.1 Å². The normalized spacial score (nSPS) is 14.6. The number of carbonyl (C=O) groups is 1. The van der Waals surface area contributed by atoms with Gasteiger partial charge < -0.3 is 10.3 Å². The number of pyridine rings is 1. The third kappa shape index (κ3) is 6.35. The summed E-state index contributed by atoms with van der Waals surface area (Å²) < 4.78 is 0. The number of nitrogens with zero attached hydrogens (tertiary/aromatic N) is 3. The average Bonchev–Trinajstić information content (AvgIpc) is 3.10. The number of aromatic nitrogens is 3. The van der Waals surface area contributed by atoms with Gasteiger partial charge in [0.05, 0.1) is 6.42 Å². The van der Waals surface area contributed by atoms with Gasteiger partial charge in [0.1, 0.15) is 5.82 Å². The zero-order chi connectivity index (χ0) is 23.0. The molecule has 1 aliphatic heterocycles. The average molecular weight is 446 g/mol. The number of rotatable bonds is 7. The number of aromatic amines is 1. The number of hydrogen-bond donors (Lipinski definition) is 2. The van der Waals surface area contributed by atoms with Gasteiger partial charge in [0.25, 0.3) is 5.56 Å². The van der Waals surface area contributed by atoms with Crippen LogP contribution in [0, 0.1) is 6.92 Å². The highest BCUT2D eigenvalue weighted by atomic mass is 16.2. The van der Waals surface area contributed by atoms with Crippen LogP contribution < -0.4 is 10.9 Å². The van der Waals surface area contributed by atoms with Crippen LogP contribution in [0.15, 0.2) is 53.6 Å². The molecule has 1 saturated heterocycles. The number of likely N-dealkylation sites (tertiary alicyclic amines) is 1. The smallest absolute Gasteiger partial charge is 0.255 e. The highest BCUT2D eigenvalue weighted by Gasteiger charge is 2.14. The number of nitrogens with one attached hydrogen (secondary N) is 2. The molecule has 7 heteroatoms. The third-order valence-corrected chi connectivity index (χ3v) is 6.11. The summed E-state index contributed by atoms with van der Waals surface area (Å²) in [7, 11) is 0. The van der Waals surface area contributed by atoms with Gasteiger partial charge in [0.2, 0.25) is 5.91 Å². The number of benzene rings is 1. The molecule has 2 N–H and O–H groups in total. The fraction of sp³-hybridized carbons (Fsp3) is 0.385. The second-order valence-electron chi connectivity index (χ2n) is 8.68. The summed E-state index contributed by atoms with van der Waals surface area (Å²) in [6.07, 6.45) is 8.55. The molecule has 0 aliphatic carbocycles. The highest BCUT2D eigenvalue weighted by Crippen LogP contribution is 2.15. The lowest BCUT2D eigenvalue weighted by molar-refractivity contribution is -0.120. The molecule has 1 fully saturated rings. The van der Waals surface area contributed by atoms with Crippen molar-refractivity contribution in [2.24, 2.45) is 0 Å². The van der Waals surface area contributed by atoms with E-state index < -0.39 is 0 Å². The maximum atomic E-state index is 12.6. The molecule has 7 nitrogen and oxygen atoms in total. The van der Waals surface area contributed by atoms with Crippen LogP contribution in [0.3, 0.4) is 0 Å². The lowest BCUT2D eigenvalue weighted by atomic mass is 10.1. The maximum Gasteiger partial charge on any atom is 0.255 e. The molecule has 3 aromatic rings. The van der Waals surface area contributed by atoms with Crippen molar-refractivity contribution in [3.63, 3.8) is 0 Å². The Labute approximate surface area is 194 Å². The first-order chi connectivity index (χ1) is 16.1. The molecule has 0 atom stereocenters. The first-order valence-electron chi connectivity index (χ1n) is 11.7. The van der Waals surface area contributed by atoms with Crippen LogP contribution in [0.4, 0.5) is 0 Å². The van der Waals surface area contributed by atoms with Crippen LogP contribution in [-0.4, -0.2) is 38.8 Å². The van der Waals surface area contributed by atoms with Crippen LogP contribution in [0.5, 0.6) is 0 Å². The zero-order valence-electron chi connectivity index (χ0n) is 19.1. The Morgan fingerprint density at radius 1 is 1.06 bits per heavy atom. The minimum absolute atomic E-state index is 0.00543. The molecule has 1 aliphatic rings. The fourth-order valence-corrected chi connectivity index (χ4v) is 4.20. The van der Waals surface area contributed by atoms with Crippen LogP contribution in [0.25, 0.3) is 11.4 Å².